The second-order valence-electron chi connectivity index (χ2n) is 8.84. The average Bonchev–Trinajstić information content (AvgIpc) is 3.10. The van der Waals surface area contributed by atoms with Crippen LogP contribution in [-0.4, -0.2) is 54.4 Å². The number of nitrogens with one attached hydrogen (secondary N) is 1. The number of aromatic carboxylic acids is 1. The second-order valence-corrected chi connectivity index (χ2v) is 11.5. The molecule has 4 N–H and O–H groups in total. The van der Waals surface area contributed by atoms with Crippen molar-refractivity contribution in [3.8, 4) is 6.07 Å². The third-order valence-electron chi connectivity index (χ3n) is 6.58. The minimum atomic E-state index is -3.30. The van der Waals surface area contributed by atoms with Crippen molar-refractivity contribution < 1.29 is 27.9 Å². The number of nitrogens with two attached hydrogens (primary N) is 1. The Bertz CT molecular complexity index is 1330. The number of hydrogen-bond acceptors (Lipinski definition) is 6. The molecule has 1 aromatic carbocycles. The predicted octanol–water partition coefficient (Wildman–Crippen LogP) is 1.98. The van der Waals surface area contributed by atoms with E-state index in [2.05, 4.69) is 5.32 Å². The van der Waals surface area contributed by atoms with Gasteiger partial charge < -0.3 is 20.7 Å². The lowest BCUT2D eigenvalue weighted by Crippen LogP contribution is -2.54. The number of carboxylic acid groups (broad SMARTS) is 1. The molecule has 1 aliphatic carbocycles. The van der Waals surface area contributed by atoms with Gasteiger partial charge in [0.15, 0.2) is 0 Å². The fourth-order valence-electron chi connectivity index (χ4n) is 5.21. The highest BCUT2D eigenvalue weighted by Gasteiger charge is 2.53. The van der Waals surface area contributed by atoms with E-state index < -0.39 is 39.0 Å². The Hall–Kier alpha value is -3.10. The lowest BCUT2D eigenvalue weighted by Gasteiger charge is -2.41. The van der Waals surface area contributed by atoms with Crippen LogP contribution in [0.3, 0.4) is 0 Å². The smallest absolute Gasteiger partial charge is 0.352 e. The number of rotatable bonds is 9. The number of carboxylic acids is 1. The zero-order chi connectivity index (χ0) is 26.0. The average molecular weight is 523 g/mol. The van der Waals surface area contributed by atoms with Crippen LogP contribution >= 0.6 is 11.6 Å². The van der Waals surface area contributed by atoms with Crippen LogP contribution in [0.5, 0.6) is 0 Å². The molecule has 2 aromatic rings. The van der Waals surface area contributed by atoms with E-state index in [1.165, 1.54) is 4.57 Å². The molecule has 2 amide bonds. The van der Waals surface area contributed by atoms with Gasteiger partial charge in [-0.05, 0) is 31.4 Å². The van der Waals surface area contributed by atoms with Crippen LogP contribution in [0.25, 0.3) is 10.9 Å². The van der Waals surface area contributed by atoms with Gasteiger partial charge in [0, 0.05) is 28.8 Å². The largest absolute Gasteiger partial charge is 0.477 e. The minimum absolute atomic E-state index is 0.0334. The molecular formula is C23H27ClN4O6S. The van der Waals surface area contributed by atoms with Crippen molar-refractivity contribution in [1.29, 1.82) is 5.26 Å². The van der Waals surface area contributed by atoms with E-state index in [9.17, 15) is 27.9 Å². The van der Waals surface area contributed by atoms with Crippen molar-refractivity contribution in [2.75, 3.05) is 18.6 Å². The highest BCUT2D eigenvalue weighted by molar-refractivity contribution is 7.90. The van der Waals surface area contributed by atoms with Crippen LogP contribution in [0.4, 0.5) is 0 Å². The number of fused-ring (bicyclic) bond motifs is 1. The molecule has 0 saturated heterocycles. The molecule has 10 nitrogen and oxygen atoms in total. The molecule has 12 heteroatoms. The standard InChI is InChI=1S/C23H27ClN4O6S/c1-35(33,34)12-4-11-28-17-13-14(24)6-7-15(17)18(19(28)21(30)31)23(22(26)32)8-3-2-5-16(23)20(29)27-10-9-25/h6-7,13,16H,2-5,8,10-12H2,1H3,(H2,26,32)(H,27,29)(H,30,31)/t16-,23-/m0/s1. The highest BCUT2D eigenvalue weighted by atomic mass is 35.5. The van der Waals surface area contributed by atoms with Crippen molar-refractivity contribution in [2.45, 2.75) is 44.1 Å². The lowest BCUT2D eigenvalue weighted by atomic mass is 9.61. The number of aromatic nitrogens is 1. The molecule has 0 radical (unpaired) electrons. The number of benzene rings is 1. The van der Waals surface area contributed by atoms with Crippen LogP contribution in [0.1, 0.15) is 48.2 Å². The van der Waals surface area contributed by atoms with Crippen LogP contribution in [0.15, 0.2) is 18.2 Å². The van der Waals surface area contributed by atoms with Gasteiger partial charge in [-0.3, -0.25) is 9.59 Å². The molecule has 1 saturated carbocycles. The van der Waals surface area contributed by atoms with Gasteiger partial charge in [0.05, 0.1) is 28.7 Å². The highest BCUT2D eigenvalue weighted by Crippen LogP contribution is 2.49. The first-order valence-corrected chi connectivity index (χ1v) is 13.6. The van der Waals surface area contributed by atoms with E-state index in [-0.39, 0.29) is 49.4 Å². The van der Waals surface area contributed by atoms with Gasteiger partial charge in [0.2, 0.25) is 11.8 Å². The third kappa shape index (κ3) is 5.13. The SMILES string of the molecule is CS(=O)(=O)CCCn1c(C(=O)O)c([C@]2(C(N)=O)CCCC[C@H]2C(=O)NCC#N)c2ccc(Cl)cc21. The Morgan fingerprint density at radius 2 is 2.06 bits per heavy atom. The van der Waals surface area contributed by atoms with E-state index in [0.717, 1.165) is 6.26 Å². The van der Waals surface area contributed by atoms with Crippen molar-refractivity contribution >= 4 is 50.1 Å². The molecule has 2 atom stereocenters. The molecule has 0 unspecified atom stereocenters. The molecular weight excluding hydrogens is 496 g/mol. The van der Waals surface area contributed by atoms with Gasteiger partial charge in [-0.2, -0.15) is 5.26 Å². The predicted molar refractivity (Wildman–Crippen MR) is 130 cm³/mol. The van der Waals surface area contributed by atoms with Crippen molar-refractivity contribution in [3.05, 3.63) is 34.5 Å². The van der Waals surface area contributed by atoms with Crippen LogP contribution < -0.4 is 11.1 Å². The van der Waals surface area contributed by atoms with Gasteiger partial charge in [0.25, 0.3) is 0 Å². The topological polar surface area (TPSA) is 172 Å². The van der Waals surface area contributed by atoms with E-state index in [1.54, 1.807) is 18.2 Å². The number of aryl methyl sites for hydroxylation is 1. The molecule has 0 spiro atoms. The number of sulfone groups is 1. The zero-order valence-corrected chi connectivity index (χ0v) is 20.8. The summed E-state index contributed by atoms with van der Waals surface area (Å²) in [6.07, 6.45) is 2.82. The van der Waals surface area contributed by atoms with Crippen molar-refractivity contribution in [1.82, 2.24) is 9.88 Å². The fourth-order valence-corrected chi connectivity index (χ4v) is 6.03. The quantitative estimate of drug-likeness (QED) is 0.422. The fraction of sp³-hybridized carbons (Fsp3) is 0.478. The Morgan fingerprint density at radius 1 is 1.34 bits per heavy atom. The number of nitrogens with zero attached hydrogens (tertiary/aromatic N) is 2. The van der Waals surface area contributed by atoms with E-state index in [4.69, 9.17) is 22.6 Å². The summed E-state index contributed by atoms with van der Waals surface area (Å²) in [6.45, 7) is -0.232. The summed E-state index contributed by atoms with van der Waals surface area (Å²) in [6, 6.07) is 6.53. The summed E-state index contributed by atoms with van der Waals surface area (Å²) >= 11 is 6.21. The molecule has 1 aromatic heterocycles. The number of nitriles is 1. The summed E-state index contributed by atoms with van der Waals surface area (Å²) < 4.78 is 24.8. The summed E-state index contributed by atoms with van der Waals surface area (Å²) in [7, 11) is -3.30. The Kier molecular flexibility index (Phi) is 7.77. The minimum Gasteiger partial charge on any atom is -0.477 e. The van der Waals surface area contributed by atoms with Crippen molar-refractivity contribution in [2.24, 2.45) is 11.7 Å². The maximum Gasteiger partial charge on any atom is 0.352 e. The molecule has 3 rings (SSSR count). The Morgan fingerprint density at radius 3 is 2.66 bits per heavy atom. The number of carbonyl (C=O) groups is 3. The molecule has 0 aliphatic heterocycles. The van der Waals surface area contributed by atoms with E-state index in [1.807, 2.05) is 6.07 Å². The first-order chi connectivity index (χ1) is 16.4. The number of carbonyl (C=O) groups excluding carboxylic acids is 2. The first kappa shape index (κ1) is 26.5. The second kappa shape index (κ2) is 10.3. The summed E-state index contributed by atoms with van der Waals surface area (Å²) in [4.78, 5) is 38.9. The molecule has 1 heterocycles. The maximum atomic E-state index is 13.2. The van der Waals surface area contributed by atoms with Gasteiger partial charge in [-0.1, -0.05) is 30.5 Å². The molecule has 0 bridgehead atoms. The zero-order valence-electron chi connectivity index (χ0n) is 19.2. The van der Waals surface area contributed by atoms with Gasteiger partial charge in [-0.15, -0.1) is 0 Å². The molecule has 1 aliphatic rings. The number of amides is 2. The van der Waals surface area contributed by atoms with E-state index in [0.29, 0.717) is 28.8 Å². The van der Waals surface area contributed by atoms with E-state index >= 15 is 0 Å². The molecule has 188 valence electrons. The Labute approximate surface area is 207 Å². The number of halogens is 1. The van der Waals surface area contributed by atoms with Gasteiger partial charge in [-0.25, -0.2) is 13.2 Å². The van der Waals surface area contributed by atoms with Crippen molar-refractivity contribution in [3.63, 3.8) is 0 Å². The Balaban J connectivity index is 2.33. The van der Waals surface area contributed by atoms with Crippen LogP contribution in [0.2, 0.25) is 5.02 Å². The number of hydrogen-bond donors (Lipinski definition) is 3. The third-order valence-corrected chi connectivity index (χ3v) is 7.84. The first-order valence-electron chi connectivity index (χ1n) is 11.1. The summed E-state index contributed by atoms with van der Waals surface area (Å²) in [5.74, 6) is -3.86. The monoisotopic (exact) mass is 522 g/mol. The lowest BCUT2D eigenvalue weighted by molar-refractivity contribution is -0.137. The molecule has 35 heavy (non-hydrogen) atoms. The van der Waals surface area contributed by atoms with Crippen LogP contribution in [-0.2, 0) is 31.4 Å². The summed E-state index contributed by atoms with van der Waals surface area (Å²) in [5, 5.41) is 22.4. The number of primary amides is 1. The van der Waals surface area contributed by atoms with Gasteiger partial charge in [0.1, 0.15) is 22.1 Å². The van der Waals surface area contributed by atoms with Crippen LogP contribution in [0, 0.1) is 17.2 Å². The normalized spacial score (nSPS) is 20.3. The summed E-state index contributed by atoms with van der Waals surface area (Å²) in [5.41, 5.74) is 4.62. The molecule has 1 fully saturated rings. The maximum absolute atomic E-state index is 13.2. The van der Waals surface area contributed by atoms with Gasteiger partial charge >= 0.3 is 5.97 Å².